The first-order valence-electron chi connectivity index (χ1n) is 3.54. The molecule has 5 heteroatoms. The van der Waals surface area contributed by atoms with Gasteiger partial charge < -0.3 is 5.11 Å². The molecular formula is C8H5N3O2. The molecule has 0 fully saturated rings. The first-order valence-corrected chi connectivity index (χ1v) is 3.54. The molecule has 0 amide bonds. The van der Waals surface area contributed by atoms with Crippen molar-refractivity contribution in [3.8, 4) is 0 Å². The molecule has 1 aromatic rings. The van der Waals surface area contributed by atoms with Crippen LogP contribution >= 0.6 is 0 Å². The van der Waals surface area contributed by atoms with E-state index >= 15 is 0 Å². The molecule has 64 valence electrons. The fourth-order valence-electron chi connectivity index (χ4n) is 1.13. The second kappa shape index (κ2) is 2.48. The second-order valence-corrected chi connectivity index (χ2v) is 2.55. The van der Waals surface area contributed by atoms with Gasteiger partial charge in [0.1, 0.15) is 11.0 Å². The van der Waals surface area contributed by atoms with Gasteiger partial charge in [0.25, 0.3) is 0 Å². The van der Waals surface area contributed by atoms with Gasteiger partial charge in [-0.05, 0) is 17.4 Å². The quantitative estimate of drug-likeness (QED) is 0.671. The summed E-state index contributed by atoms with van der Waals surface area (Å²) in [4.78, 5) is 10.7. The van der Waals surface area contributed by atoms with Crippen LogP contribution in [0.1, 0.15) is 10.4 Å². The van der Waals surface area contributed by atoms with E-state index in [4.69, 9.17) is 5.11 Å². The van der Waals surface area contributed by atoms with Gasteiger partial charge >= 0.3 is 5.97 Å². The average molecular weight is 175 g/mol. The normalized spacial score (nSPS) is 12.3. The summed E-state index contributed by atoms with van der Waals surface area (Å²) in [5.74, 6) is -1.02. The molecule has 1 aliphatic heterocycles. The van der Waals surface area contributed by atoms with E-state index < -0.39 is 5.97 Å². The monoisotopic (exact) mass is 175 g/mol. The van der Waals surface area contributed by atoms with Crippen molar-refractivity contribution in [2.75, 3.05) is 0 Å². The molecule has 0 aromatic heterocycles. The zero-order chi connectivity index (χ0) is 9.42. The number of benzene rings is 1. The van der Waals surface area contributed by atoms with Gasteiger partial charge in [-0.15, -0.1) is 10.2 Å². The number of hydrogen-bond acceptors (Lipinski definition) is 4. The predicted octanol–water partition coefficient (Wildman–Crippen LogP) is 0.427. The summed E-state index contributed by atoms with van der Waals surface area (Å²) in [6, 6.07) is 3.01. The molecule has 1 aliphatic rings. The molecule has 0 aliphatic carbocycles. The van der Waals surface area contributed by atoms with Gasteiger partial charge in [-0.2, -0.15) is 0 Å². The van der Waals surface area contributed by atoms with Crippen molar-refractivity contribution in [1.29, 1.82) is 0 Å². The van der Waals surface area contributed by atoms with Gasteiger partial charge in [0.05, 0.1) is 5.56 Å². The maximum atomic E-state index is 10.7. The topological polar surface area (TPSA) is 74.4 Å². The summed E-state index contributed by atoms with van der Waals surface area (Å²) >= 11 is 0. The first kappa shape index (κ1) is 7.60. The van der Waals surface area contributed by atoms with E-state index in [1.807, 2.05) is 0 Å². The third kappa shape index (κ3) is 1.01. The summed E-state index contributed by atoms with van der Waals surface area (Å²) in [5.41, 5.74) is 0.699. The lowest BCUT2D eigenvalue weighted by atomic mass is 10.1. The minimum Gasteiger partial charge on any atom is -0.478 e. The highest BCUT2D eigenvalue weighted by Crippen LogP contribution is 2.08. The van der Waals surface area contributed by atoms with Crippen LogP contribution in [0.25, 0.3) is 6.58 Å². The molecule has 0 saturated heterocycles. The number of hydrogen-bond donors (Lipinski definition) is 1. The van der Waals surface area contributed by atoms with Crippen molar-refractivity contribution in [1.82, 2.24) is 0 Å². The Morgan fingerprint density at radius 2 is 2.23 bits per heavy atom. The number of nitrogens with zero attached hydrogens (tertiary/aromatic N) is 3. The van der Waals surface area contributed by atoms with Crippen LogP contribution in [0.15, 0.2) is 27.6 Å². The van der Waals surface area contributed by atoms with Crippen LogP contribution < -0.4 is 10.6 Å². The Labute approximate surface area is 72.7 Å². The Morgan fingerprint density at radius 1 is 1.46 bits per heavy atom. The van der Waals surface area contributed by atoms with Crippen LogP contribution in [-0.2, 0) is 0 Å². The molecule has 1 heterocycles. The van der Waals surface area contributed by atoms with Gasteiger partial charge in [-0.25, -0.2) is 4.79 Å². The van der Waals surface area contributed by atoms with Crippen molar-refractivity contribution in [3.05, 3.63) is 28.3 Å². The van der Waals surface area contributed by atoms with E-state index in [1.165, 1.54) is 6.07 Å². The number of fused-ring (bicyclic) bond motifs is 1. The van der Waals surface area contributed by atoms with Crippen LogP contribution in [0.2, 0.25) is 0 Å². The van der Waals surface area contributed by atoms with Crippen LogP contribution in [-0.4, -0.2) is 11.1 Å². The van der Waals surface area contributed by atoms with Crippen molar-refractivity contribution in [2.24, 2.45) is 15.4 Å². The lowest BCUT2D eigenvalue weighted by Gasteiger charge is -1.94. The maximum absolute atomic E-state index is 10.7. The van der Waals surface area contributed by atoms with Gasteiger partial charge in [0.15, 0.2) is 0 Å². The molecular weight excluding hydrogens is 170 g/mol. The number of rotatable bonds is 1. The van der Waals surface area contributed by atoms with Gasteiger partial charge in [0.2, 0.25) is 0 Å². The highest BCUT2D eigenvalue weighted by Gasteiger charge is 2.09. The van der Waals surface area contributed by atoms with Crippen molar-refractivity contribution >= 4 is 18.2 Å². The highest BCUT2D eigenvalue weighted by atomic mass is 16.4. The summed E-state index contributed by atoms with van der Waals surface area (Å²) in [6.07, 6.45) is 0. The molecule has 0 bridgehead atoms. The van der Waals surface area contributed by atoms with Gasteiger partial charge in [-0.3, -0.25) is 0 Å². The average Bonchev–Trinajstić information content (AvgIpc) is 2.52. The van der Waals surface area contributed by atoms with E-state index in [1.54, 1.807) is 6.07 Å². The Hall–Kier alpha value is -2.04. The fourth-order valence-corrected chi connectivity index (χ4v) is 1.13. The minimum absolute atomic E-state index is 0.134. The van der Waals surface area contributed by atoms with Crippen molar-refractivity contribution < 1.29 is 9.90 Å². The molecule has 1 aromatic carbocycles. The summed E-state index contributed by atoms with van der Waals surface area (Å²) in [7, 11) is 0. The Balaban J connectivity index is 2.83. The van der Waals surface area contributed by atoms with Crippen molar-refractivity contribution in [3.63, 3.8) is 0 Å². The minimum atomic E-state index is -1.02. The summed E-state index contributed by atoms with van der Waals surface area (Å²) in [5, 5.41) is 20.3. The van der Waals surface area contributed by atoms with Crippen LogP contribution in [0.5, 0.6) is 0 Å². The molecule has 0 atom stereocenters. The standard InChI is InChI=1S/C8H5N3O2/c1-4-5(8(12)13)2-3-6-7(4)10-11-9-6/h2-3H,1H2,(H,12,13). The molecule has 1 N–H and O–H groups in total. The predicted molar refractivity (Wildman–Crippen MR) is 44.2 cm³/mol. The smallest absolute Gasteiger partial charge is 0.336 e. The van der Waals surface area contributed by atoms with Gasteiger partial charge in [0, 0.05) is 5.22 Å². The Bertz CT molecular complexity index is 519. The van der Waals surface area contributed by atoms with E-state index in [2.05, 4.69) is 22.0 Å². The van der Waals surface area contributed by atoms with Crippen molar-refractivity contribution in [2.45, 2.75) is 0 Å². The number of carboxylic acid groups (broad SMARTS) is 1. The van der Waals surface area contributed by atoms with Crippen LogP contribution in [0.3, 0.4) is 0 Å². The molecule has 0 spiro atoms. The lowest BCUT2D eigenvalue weighted by Crippen LogP contribution is -2.28. The SMILES string of the molecule is C=c1c(C(=O)O)ccc2c1=NN=N2. The number of carbonyl (C=O) groups is 1. The molecule has 2 rings (SSSR count). The third-order valence-corrected chi connectivity index (χ3v) is 1.79. The number of aromatic carboxylic acids is 1. The molecule has 0 radical (unpaired) electrons. The largest absolute Gasteiger partial charge is 0.478 e. The first-order chi connectivity index (χ1) is 6.20. The molecule has 5 nitrogen and oxygen atoms in total. The molecule has 13 heavy (non-hydrogen) atoms. The van der Waals surface area contributed by atoms with Crippen LogP contribution in [0, 0.1) is 0 Å². The fraction of sp³-hybridized carbons (Fsp3) is 0. The van der Waals surface area contributed by atoms with Gasteiger partial charge in [-0.1, -0.05) is 6.58 Å². The Kier molecular flexibility index (Phi) is 1.45. The highest BCUT2D eigenvalue weighted by molar-refractivity contribution is 5.88. The van der Waals surface area contributed by atoms with Crippen LogP contribution in [0.4, 0.5) is 5.69 Å². The van der Waals surface area contributed by atoms with E-state index in [0.29, 0.717) is 16.3 Å². The van der Waals surface area contributed by atoms with E-state index in [-0.39, 0.29) is 5.56 Å². The molecule has 0 unspecified atom stereocenters. The molecule has 0 saturated carbocycles. The third-order valence-electron chi connectivity index (χ3n) is 1.79. The van der Waals surface area contributed by atoms with E-state index in [9.17, 15) is 4.79 Å². The summed E-state index contributed by atoms with van der Waals surface area (Å²) < 4.78 is 0. The summed E-state index contributed by atoms with van der Waals surface area (Å²) in [6.45, 7) is 3.62. The zero-order valence-electron chi connectivity index (χ0n) is 6.56. The number of carboxylic acids is 1. The van der Waals surface area contributed by atoms with E-state index in [0.717, 1.165) is 0 Å². The lowest BCUT2D eigenvalue weighted by molar-refractivity contribution is 0.0695. The Morgan fingerprint density at radius 3 is 2.92 bits per heavy atom. The second-order valence-electron chi connectivity index (χ2n) is 2.55. The zero-order valence-corrected chi connectivity index (χ0v) is 6.56. The maximum Gasteiger partial charge on any atom is 0.336 e.